The van der Waals surface area contributed by atoms with Gasteiger partial charge in [0.15, 0.2) is 0 Å². The van der Waals surface area contributed by atoms with Gasteiger partial charge in [-0.3, -0.25) is 0 Å². The fourth-order valence-electron chi connectivity index (χ4n) is 3.79. The Hall–Kier alpha value is -3.04. The molecule has 1 aliphatic heterocycles. The van der Waals surface area contributed by atoms with Crippen LogP contribution in [-0.2, 0) is 14.8 Å². The van der Waals surface area contributed by atoms with Crippen molar-refractivity contribution in [2.24, 2.45) is 5.92 Å². The zero-order valence-electron chi connectivity index (χ0n) is 17.9. The molecule has 1 aromatic heterocycles. The second-order valence-corrected chi connectivity index (χ2v) is 9.55. The van der Waals surface area contributed by atoms with Crippen molar-refractivity contribution in [2.45, 2.75) is 24.7 Å². The number of piperidine rings is 1. The summed E-state index contributed by atoms with van der Waals surface area (Å²) in [7, 11) is -3.57. The Labute approximate surface area is 187 Å². The molecule has 1 aliphatic rings. The number of ether oxygens (including phenoxy) is 1. The number of nitrogens with one attached hydrogen (secondary N) is 1. The molecule has 0 aliphatic carbocycles. The topological polar surface area (TPSA) is 101 Å². The van der Waals surface area contributed by atoms with Crippen LogP contribution in [0.2, 0.25) is 0 Å². The van der Waals surface area contributed by atoms with Gasteiger partial charge in [-0.1, -0.05) is 30.3 Å². The Morgan fingerprint density at radius 1 is 1.09 bits per heavy atom. The maximum absolute atomic E-state index is 12.8. The second-order valence-electron chi connectivity index (χ2n) is 7.78. The molecule has 168 valence electrons. The largest absolute Gasteiger partial charge is 0.462 e. The molecule has 0 bridgehead atoms. The summed E-state index contributed by atoms with van der Waals surface area (Å²) in [5.41, 5.74) is 0.327. The Morgan fingerprint density at radius 3 is 2.47 bits per heavy atom. The molecule has 0 unspecified atom stereocenters. The van der Waals surface area contributed by atoms with E-state index < -0.39 is 16.0 Å². The van der Waals surface area contributed by atoms with Gasteiger partial charge < -0.3 is 9.64 Å². The second kappa shape index (κ2) is 9.62. The van der Waals surface area contributed by atoms with Crippen molar-refractivity contribution in [1.82, 2.24) is 14.7 Å². The van der Waals surface area contributed by atoms with Gasteiger partial charge in [-0.15, -0.1) is 0 Å². The van der Waals surface area contributed by atoms with Crippen molar-refractivity contribution >= 4 is 32.7 Å². The maximum atomic E-state index is 12.8. The molecule has 0 spiro atoms. The van der Waals surface area contributed by atoms with Gasteiger partial charge >= 0.3 is 5.97 Å². The highest BCUT2D eigenvalue weighted by Crippen LogP contribution is 2.22. The van der Waals surface area contributed by atoms with E-state index in [1.54, 1.807) is 19.1 Å². The number of hydrogen-bond donors (Lipinski definition) is 1. The molecule has 9 heteroatoms. The quantitative estimate of drug-likeness (QED) is 0.548. The average Bonchev–Trinajstić information content (AvgIpc) is 2.83. The lowest BCUT2D eigenvalue weighted by atomic mass is 9.97. The molecule has 2 heterocycles. The van der Waals surface area contributed by atoms with Crippen molar-refractivity contribution < 1.29 is 17.9 Å². The predicted molar refractivity (Wildman–Crippen MR) is 122 cm³/mol. The fraction of sp³-hybridized carbons (Fsp3) is 0.348. The summed E-state index contributed by atoms with van der Waals surface area (Å²) in [6, 6.07) is 12.9. The van der Waals surface area contributed by atoms with Crippen LogP contribution in [0.5, 0.6) is 0 Å². The Balaban J connectivity index is 1.31. The normalized spacial score (nSPS) is 15.1. The number of anilines is 1. The van der Waals surface area contributed by atoms with Crippen molar-refractivity contribution in [2.75, 3.05) is 31.1 Å². The molecule has 0 saturated carbocycles. The lowest BCUT2D eigenvalue weighted by molar-refractivity contribution is 0.0525. The minimum absolute atomic E-state index is 0.236. The first-order valence-corrected chi connectivity index (χ1v) is 12.2. The van der Waals surface area contributed by atoms with Crippen LogP contribution in [0.3, 0.4) is 0 Å². The molecule has 3 aromatic rings. The predicted octanol–water partition coefficient (Wildman–Crippen LogP) is 3.00. The number of hydrogen-bond acceptors (Lipinski definition) is 7. The minimum atomic E-state index is -3.57. The standard InChI is InChI=1S/C23H26N4O4S/c1-2-31-22(28)20-15-24-23(25-16-20)27-11-9-17(10-12-27)14-26-32(29,30)21-8-7-18-5-3-4-6-19(18)13-21/h3-8,13,15-17,26H,2,9-12,14H2,1H3. The first-order valence-electron chi connectivity index (χ1n) is 10.7. The zero-order valence-corrected chi connectivity index (χ0v) is 18.7. The van der Waals surface area contributed by atoms with E-state index in [-0.39, 0.29) is 10.8 Å². The van der Waals surface area contributed by atoms with Crippen molar-refractivity contribution in [3.8, 4) is 0 Å². The minimum Gasteiger partial charge on any atom is -0.462 e. The summed E-state index contributed by atoms with van der Waals surface area (Å²) in [5.74, 6) is 0.366. The molecule has 4 rings (SSSR count). The summed E-state index contributed by atoms with van der Waals surface area (Å²) < 4.78 is 33.2. The number of aromatic nitrogens is 2. The number of nitrogens with zero attached hydrogens (tertiary/aromatic N) is 3. The summed E-state index contributed by atoms with van der Waals surface area (Å²) in [4.78, 5) is 22.6. The number of carbonyl (C=O) groups is 1. The molecule has 0 atom stereocenters. The van der Waals surface area contributed by atoms with E-state index in [1.165, 1.54) is 12.4 Å². The zero-order chi connectivity index (χ0) is 22.6. The number of benzene rings is 2. The molecular weight excluding hydrogens is 428 g/mol. The van der Waals surface area contributed by atoms with E-state index in [4.69, 9.17) is 4.74 Å². The third-order valence-corrected chi connectivity index (χ3v) is 7.06. The van der Waals surface area contributed by atoms with Gasteiger partial charge in [0, 0.05) is 32.0 Å². The van der Waals surface area contributed by atoms with E-state index in [9.17, 15) is 13.2 Å². The van der Waals surface area contributed by atoms with Crippen LogP contribution in [0.4, 0.5) is 5.95 Å². The number of rotatable bonds is 7. The molecule has 0 amide bonds. The van der Waals surface area contributed by atoms with E-state index in [0.717, 1.165) is 36.7 Å². The van der Waals surface area contributed by atoms with Crippen molar-refractivity contribution in [1.29, 1.82) is 0 Å². The summed E-state index contributed by atoms with van der Waals surface area (Å²) in [5, 5.41) is 1.91. The van der Waals surface area contributed by atoms with Gasteiger partial charge in [-0.05, 0) is 48.6 Å². The first kappa shape index (κ1) is 22.2. The third-order valence-electron chi connectivity index (χ3n) is 5.64. The molecule has 1 saturated heterocycles. The third kappa shape index (κ3) is 5.05. The molecule has 0 radical (unpaired) electrons. The highest BCUT2D eigenvalue weighted by Gasteiger charge is 2.23. The van der Waals surface area contributed by atoms with Crippen LogP contribution in [0, 0.1) is 5.92 Å². The SMILES string of the molecule is CCOC(=O)c1cnc(N2CCC(CNS(=O)(=O)c3ccc4ccccc4c3)CC2)nc1. The van der Waals surface area contributed by atoms with Gasteiger partial charge in [-0.25, -0.2) is 27.9 Å². The first-order chi connectivity index (χ1) is 15.5. The maximum Gasteiger partial charge on any atom is 0.341 e. The number of fused-ring (bicyclic) bond motifs is 1. The summed E-state index contributed by atoms with van der Waals surface area (Å²) in [6.07, 6.45) is 4.60. The van der Waals surface area contributed by atoms with Crippen LogP contribution in [-0.4, -0.2) is 50.6 Å². The highest BCUT2D eigenvalue weighted by atomic mass is 32.2. The van der Waals surface area contributed by atoms with Gasteiger partial charge in [0.1, 0.15) is 0 Å². The van der Waals surface area contributed by atoms with Crippen LogP contribution < -0.4 is 9.62 Å². The van der Waals surface area contributed by atoms with Crippen LogP contribution in [0.1, 0.15) is 30.1 Å². The van der Waals surface area contributed by atoms with Gasteiger partial charge in [0.05, 0.1) is 17.1 Å². The van der Waals surface area contributed by atoms with Crippen molar-refractivity contribution in [3.63, 3.8) is 0 Å². The Bertz CT molecular complexity index is 1190. The molecule has 8 nitrogen and oxygen atoms in total. The molecule has 1 N–H and O–H groups in total. The smallest absolute Gasteiger partial charge is 0.341 e. The van der Waals surface area contributed by atoms with Gasteiger partial charge in [-0.2, -0.15) is 0 Å². The van der Waals surface area contributed by atoms with Crippen molar-refractivity contribution in [3.05, 3.63) is 60.4 Å². The number of carbonyl (C=O) groups excluding carboxylic acids is 1. The average molecular weight is 455 g/mol. The summed E-state index contributed by atoms with van der Waals surface area (Å²) in [6.45, 7) is 3.89. The fourth-order valence-corrected chi connectivity index (χ4v) is 4.94. The number of sulfonamides is 1. The van der Waals surface area contributed by atoms with E-state index in [2.05, 4.69) is 14.7 Å². The lowest BCUT2D eigenvalue weighted by Crippen LogP contribution is -2.39. The molecule has 1 fully saturated rings. The van der Waals surface area contributed by atoms with E-state index in [0.29, 0.717) is 24.7 Å². The molecular formula is C23H26N4O4S. The Kier molecular flexibility index (Phi) is 6.66. The monoisotopic (exact) mass is 454 g/mol. The van der Waals surface area contributed by atoms with Crippen LogP contribution >= 0.6 is 0 Å². The van der Waals surface area contributed by atoms with Crippen LogP contribution in [0.15, 0.2) is 59.8 Å². The number of esters is 1. The van der Waals surface area contributed by atoms with Crippen LogP contribution in [0.25, 0.3) is 10.8 Å². The molecule has 2 aromatic carbocycles. The van der Waals surface area contributed by atoms with E-state index >= 15 is 0 Å². The summed E-state index contributed by atoms with van der Waals surface area (Å²) >= 11 is 0. The molecule has 32 heavy (non-hydrogen) atoms. The van der Waals surface area contributed by atoms with Gasteiger partial charge in [0.2, 0.25) is 16.0 Å². The lowest BCUT2D eigenvalue weighted by Gasteiger charge is -2.32. The van der Waals surface area contributed by atoms with E-state index in [1.807, 2.05) is 35.2 Å². The highest BCUT2D eigenvalue weighted by molar-refractivity contribution is 7.89. The van der Waals surface area contributed by atoms with Gasteiger partial charge in [0.25, 0.3) is 0 Å². The Morgan fingerprint density at radius 2 is 1.78 bits per heavy atom.